The Morgan fingerprint density at radius 2 is 1.84 bits per heavy atom. The van der Waals surface area contributed by atoms with E-state index >= 15 is 0 Å². The van der Waals surface area contributed by atoms with Crippen molar-refractivity contribution in [1.82, 2.24) is 0 Å². The number of aliphatic hydroxyl groups is 1. The highest BCUT2D eigenvalue weighted by atomic mass is 16.5. The number of methoxy groups -OCH3 is 1. The Kier molecular flexibility index (Phi) is 6.17. The molecular weight excluding hydrogens is 388 g/mol. The minimum Gasteiger partial charge on any atom is -0.469 e. The van der Waals surface area contributed by atoms with Crippen molar-refractivity contribution >= 4 is 11.8 Å². The van der Waals surface area contributed by atoms with Crippen LogP contribution in [0.2, 0.25) is 0 Å². The molecule has 4 heteroatoms. The number of allylic oxidation sites excluding steroid dienone is 2. The number of esters is 1. The summed E-state index contributed by atoms with van der Waals surface area (Å²) in [5, 5.41) is 10.4. The van der Waals surface area contributed by atoms with Gasteiger partial charge in [0.05, 0.1) is 13.2 Å². The Labute approximate surface area is 188 Å². The number of fused-ring (bicyclic) bond motifs is 5. The van der Waals surface area contributed by atoms with Crippen LogP contribution < -0.4 is 0 Å². The molecule has 0 saturated heterocycles. The highest BCUT2D eigenvalue weighted by Crippen LogP contribution is 2.68. The summed E-state index contributed by atoms with van der Waals surface area (Å²) >= 11 is 0. The number of aliphatic hydroxyl groups excluding tert-OH is 1. The molecule has 0 aromatic rings. The second kappa shape index (κ2) is 8.32. The smallest absolute Gasteiger partial charge is 0.305 e. The molecule has 0 amide bonds. The number of Topliss-reactive ketones (excluding diaryl/α,β-unsaturated/α-hetero) is 1. The standard InChI is InChI=1S/C27H42O4/c1-6-18-22-15-17(28)11-13-27(22,4)21-12-14-26(3)19(16(2)7-10-23(29)31-5)8-9-20(26)24(21)25(18)30/h6,16-17,19-22,24,28H,7-15H2,1-5H3/t16-,17?,19-,20+,21+,22+,24+,26-,27-/m1/s1. The highest BCUT2D eigenvalue weighted by molar-refractivity contribution is 5.99. The Hall–Kier alpha value is -1.16. The molecule has 0 aromatic carbocycles. The van der Waals surface area contributed by atoms with Crippen molar-refractivity contribution in [2.45, 2.75) is 91.6 Å². The van der Waals surface area contributed by atoms with Crippen molar-refractivity contribution in [3.05, 3.63) is 11.6 Å². The quantitative estimate of drug-likeness (QED) is 0.484. The van der Waals surface area contributed by atoms with Crippen LogP contribution in [0.5, 0.6) is 0 Å². The Morgan fingerprint density at radius 3 is 2.52 bits per heavy atom. The van der Waals surface area contributed by atoms with Crippen LogP contribution >= 0.6 is 0 Å². The molecule has 1 N–H and O–H groups in total. The summed E-state index contributed by atoms with van der Waals surface area (Å²) < 4.78 is 4.87. The molecule has 0 bridgehead atoms. The van der Waals surface area contributed by atoms with Gasteiger partial charge in [-0.3, -0.25) is 9.59 Å². The summed E-state index contributed by atoms with van der Waals surface area (Å²) in [6.07, 6.45) is 10.4. The van der Waals surface area contributed by atoms with Gasteiger partial charge in [0.15, 0.2) is 5.78 Å². The second-order valence-corrected chi connectivity index (χ2v) is 11.7. The van der Waals surface area contributed by atoms with Crippen molar-refractivity contribution in [3.63, 3.8) is 0 Å². The third kappa shape index (κ3) is 3.52. The number of rotatable bonds is 4. The molecule has 0 radical (unpaired) electrons. The topological polar surface area (TPSA) is 63.6 Å². The lowest BCUT2D eigenvalue weighted by Crippen LogP contribution is -2.58. The van der Waals surface area contributed by atoms with E-state index in [1.807, 2.05) is 6.92 Å². The maximum absolute atomic E-state index is 13.9. The minimum atomic E-state index is -0.266. The SMILES string of the molecule is CC=C1C(=O)[C@@H]2[C@H](CC[C@]3(C)[C@@H]([C@H](C)CCC(=O)OC)CC[C@@H]23)[C@@]2(C)CCC(O)C[C@@H]12. The first-order valence-corrected chi connectivity index (χ1v) is 12.6. The van der Waals surface area contributed by atoms with E-state index in [0.29, 0.717) is 35.9 Å². The molecule has 174 valence electrons. The molecule has 0 aliphatic heterocycles. The average molecular weight is 431 g/mol. The summed E-state index contributed by atoms with van der Waals surface area (Å²) in [5.41, 5.74) is 1.33. The number of hydrogen-bond donors (Lipinski definition) is 1. The molecular formula is C27H42O4. The molecule has 0 spiro atoms. The van der Waals surface area contributed by atoms with Crippen LogP contribution in [0.3, 0.4) is 0 Å². The largest absolute Gasteiger partial charge is 0.469 e. The minimum absolute atomic E-state index is 0.117. The van der Waals surface area contributed by atoms with E-state index in [1.165, 1.54) is 20.0 Å². The van der Waals surface area contributed by atoms with E-state index in [0.717, 1.165) is 44.1 Å². The molecule has 4 aliphatic rings. The summed E-state index contributed by atoms with van der Waals surface area (Å²) in [6, 6.07) is 0. The Balaban J connectivity index is 1.61. The van der Waals surface area contributed by atoms with Gasteiger partial charge >= 0.3 is 5.97 Å². The van der Waals surface area contributed by atoms with Gasteiger partial charge in [0.25, 0.3) is 0 Å². The van der Waals surface area contributed by atoms with Crippen LogP contribution in [-0.2, 0) is 14.3 Å². The van der Waals surface area contributed by atoms with Crippen LogP contribution in [0.25, 0.3) is 0 Å². The van der Waals surface area contributed by atoms with Crippen LogP contribution in [0.15, 0.2) is 11.6 Å². The maximum atomic E-state index is 13.9. The van der Waals surface area contributed by atoms with E-state index in [9.17, 15) is 14.7 Å². The molecule has 4 saturated carbocycles. The molecule has 4 fully saturated rings. The summed E-state index contributed by atoms with van der Waals surface area (Å²) in [4.78, 5) is 25.6. The first-order valence-electron chi connectivity index (χ1n) is 12.6. The monoisotopic (exact) mass is 430 g/mol. The van der Waals surface area contributed by atoms with E-state index in [-0.39, 0.29) is 34.7 Å². The fourth-order valence-electron chi connectivity index (χ4n) is 8.81. The second-order valence-electron chi connectivity index (χ2n) is 11.7. The number of carbonyl (C=O) groups is 2. The van der Waals surface area contributed by atoms with Crippen LogP contribution in [0.4, 0.5) is 0 Å². The Morgan fingerprint density at radius 1 is 1.16 bits per heavy atom. The molecule has 4 nitrogen and oxygen atoms in total. The normalized spacial score (nSPS) is 46.8. The molecule has 1 unspecified atom stereocenters. The van der Waals surface area contributed by atoms with E-state index < -0.39 is 0 Å². The van der Waals surface area contributed by atoms with Gasteiger partial charge in [-0.15, -0.1) is 0 Å². The van der Waals surface area contributed by atoms with Gasteiger partial charge in [-0.1, -0.05) is 26.8 Å². The fraction of sp³-hybridized carbons (Fsp3) is 0.852. The zero-order valence-corrected chi connectivity index (χ0v) is 20.2. The first kappa shape index (κ1) is 23.0. The third-order valence-electron chi connectivity index (χ3n) is 10.5. The van der Waals surface area contributed by atoms with Crippen molar-refractivity contribution in [2.24, 2.45) is 46.3 Å². The van der Waals surface area contributed by atoms with Crippen molar-refractivity contribution in [2.75, 3.05) is 7.11 Å². The van der Waals surface area contributed by atoms with Crippen molar-refractivity contribution in [1.29, 1.82) is 0 Å². The van der Waals surface area contributed by atoms with E-state index in [1.54, 1.807) is 0 Å². The zero-order chi connectivity index (χ0) is 22.6. The highest BCUT2D eigenvalue weighted by Gasteiger charge is 2.64. The third-order valence-corrected chi connectivity index (χ3v) is 10.5. The number of hydrogen-bond acceptors (Lipinski definition) is 4. The predicted octanol–water partition coefficient (Wildman–Crippen LogP) is 5.33. The lowest BCUT2D eigenvalue weighted by molar-refractivity contribution is -0.150. The van der Waals surface area contributed by atoms with Gasteiger partial charge < -0.3 is 9.84 Å². The van der Waals surface area contributed by atoms with Gasteiger partial charge in [-0.2, -0.15) is 0 Å². The van der Waals surface area contributed by atoms with Gasteiger partial charge in [-0.05, 0) is 104 Å². The molecule has 31 heavy (non-hydrogen) atoms. The number of carbonyl (C=O) groups excluding carboxylic acids is 2. The maximum Gasteiger partial charge on any atom is 0.305 e. The number of ether oxygens (including phenoxy) is 1. The summed E-state index contributed by atoms with van der Waals surface area (Å²) in [7, 11) is 1.47. The zero-order valence-electron chi connectivity index (χ0n) is 20.2. The molecule has 0 heterocycles. The van der Waals surface area contributed by atoms with Gasteiger partial charge in [0, 0.05) is 12.3 Å². The average Bonchev–Trinajstić information content (AvgIpc) is 3.10. The van der Waals surface area contributed by atoms with E-state index in [2.05, 4.69) is 26.8 Å². The van der Waals surface area contributed by atoms with Crippen molar-refractivity contribution < 1.29 is 19.4 Å². The predicted molar refractivity (Wildman–Crippen MR) is 121 cm³/mol. The molecule has 0 aromatic heterocycles. The molecule has 9 atom stereocenters. The fourth-order valence-corrected chi connectivity index (χ4v) is 8.81. The van der Waals surface area contributed by atoms with Crippen LogP contribution in [0, 0.1) is 46.3 Å². The lowest BCUT2D eigenvalue weighted by Gasteiger charge is -2.61. The molecule has 4 aliphatic carbocycles. The van der Waals surface area contributed by atoms with Crippen LogP contribution in [-0.4, -0.2) is 30.1 Å². The molecule has 4 rings (SSSR count). The Bertz CT molecular complexity index is 756. The number of ketones is 1. The van der Waals surface area contributed by atoms with E-state index in [4.69, 9.17) is 4.74 Å². The van der Waals surface area contributed by atoms with Gasteiger partial charge in [0.1, 0.15) is 0 Å². The van der Waals surface area contributed by atoms with Gasteiger partial charge in [0.2, 0.25) is 0 Å². The van der Waals surface area contributed by atoms with Crippen LogP contribution in [0.1, 0.15) is 85.5 Å². The summed E-state index contributed by atoms with van der Waals surface area (Å²) in [5.74, 6) is 2.57. The first-order chi connectivity index (χ1) is 14.7. The van der Waals surface area contributed by atoms with Crippen molar-refractivity contribution in [3.8, 4) is 0 Å². The lowest BCUT2D eigenvalue weighted by atomic mass is 9.43. The summed E-state index contributed by atoms with van der Waals surface area (Å²) in [6.45, 7) is 9.18. The van der Waals surface area contributed by atoms with Gasteiger partial charge in [-0.25, -0.2) is 0 Å².